The van der Waals surface area contributed by atoms with Gasteiger partial charge >= 0.3 is 5.97 Å². The van der Waals surface area contributed by atoms with Crippen molar-refractivity contribution in [2.45, 2.75) is 52.8 Å². The lowest BCUT2D eigenvalue weighted by Crippen LogP contribution is -2.44. The van der Waals surface area contributed by atoms with Gasteiger partial charge < -0.3 is 14.8 Å². The fourth-order valence-electron chi connectivity index (χ4n) is 2.77. The highest BCUT2D eigenvalue weighted by atomic mass is 16.5. The van der Waals surface area contributed by atoms with Crippen molar-refractivity contribution in [2.24, 2.45) is 5.92 Å². The number of carbonyl (C=O) groups excluding carboxylic acids is 1. The van der Waals surface area contributed by atoms with Gasteiger partial charge in [0, 0.05) is 16.9 Å². The van der Waals surface area contributed by atoms with Gasteiger partial charge in [0.1, 0.15) is 6.23 Å². The molecule has 0 radical (unpaired) electrons. The van der Waals surface area contributed by atoms with Crippen molar-refractivity contribution < 1.29 is 14.3 Å². The molecule has 0 amide bonds. The first kappa shape index (κ1) is 16.0. The fraction of sp³-hybridized carbons (Fsp3) is 0.688. The van der Waals surface area contributed by atoms with E-state index >= 15 is 0 Å². The summed E-state index contributed by atoms with van der Waals surface area (Å²) in [4.78, 5) is 12.4. The quantitative estimate of drug-likeness (QED) is 0.777. The number of dihydropyridines is 1. The van der Waals surface area contributed by atoms with E-state index in [4.69, 9.17) is 9.47 Å². The van der Waals surface area contributed by atoms with Crippen LogP contribution in [0.4, 0.5) is 0 Å². The number of nitrogens with one attached hydrogen (secondary N) is 2. The van der Waals surface area contributed by atoms with Gasteiger partial charge in [-0.3, -0.25) is 5.32 Å². The zero-order chi connectivity index (χ0) is 15.6. The van der Waals surface area contributed by atoms with Crippen molar-refractivity contribution in [3.05, 3.63) is 23.0 Å². The van der Waals surface area contributed by atoms with Gasteiger partial charge in [-0.15, -0.1) is 0 Å². The van der Waals surface area contributed by atoms with Crippen LogP contribution in [0.2, 0.25) is 0 Å². The number of hydrogen-bond donors (Lipinski definition) is 2. The number of carbonyl (C=O) groups is 1. The Morgan fingerprint density at radius 1 is 1.48 bits per heavy atom. The third-order valence-corrected chi connectivity index (χ3v) is 3.69. The molecule has 2 unspecified atom stereocenters. The molecular weight excluding hydrogens is 268 g/mol. The molecule has 2 N–H and O–H groups in total. The van der Waals surface area contributed by atoms with E-state index in [-0.39, 0.29) is 23.7 Å². The molecule has 0 aliphatic carbocycles. The normalized spacial score (nSPS) is 28.1. The Bertz CT molecular complexity index is 480. The van der Waals surface area contributed by atoms with Crippen molar-refractivity contribution in [2.75, 3.05) is 13.2 Å². The molecule has 2 atom stereocenters. The van der Waals surface area contributed by atoms with Crippen LogP contribution in [-0.2, 0) is 14.3 Å². The lowest BCUT2D eigenvalue weighted by Gasteiger charge is -2.29. The molecule has 0 aromatic rings. The number of allylic oxidation sites excluding steroid dienone is 2. The molecule has 1 saturated heterocycles. The maximum absolute atomic E-state index is 12.4. The molecule has 118 valence electrons. The Hall–Kier alpha value is -1.33. The average molecular weight is 294 g/mol. The highest BCUT2D eigenvalue weighted by Gasteiger charge is 2.40. The topological polar surface area (TPSA) is 59.6 Å². The minimum absolute atomic E-state index is 0.0797. The van der Waals surface area contributed by atoms with Crippen molar-refractivity contribution in [1.82, 2.24) is 10.6 Å². The molecule has 0 aromatic carbocycles. The maximum Gasteiger partial charge on any atom is 0.336 e. The molecule has 21 heavy (non-hydrogen) atoms. The van der Waals surface area contributed by atoms with E-state index in [1.807, 2.05) is 26.8 Å². The van der Waals surface area contributed by atoms with Gasteiger partial charge in [-0.25, -0.2) is 4.79 Å². The molecular formula is C16H26N2O3. The van der Waals surface area contributed by atoms with E-state index in [1.54, 1.807) is 0 Å². The van der Waals surface area contributed by atoms with Crippen molar-refractivity contribution >= 4 is 5.97 Å². The van der Waals surface area contributed by atoms with E-state index in [1.165, 1.54) is 0 Å². The van der Waals surface area contributed by atoms with Crippen LogP contribution in [0.15, 0.2) is 23.0 Å². The Labute approximate surface area is 126 Å². The summed E-state index contributed by atoms with van der Waals surface area (Å²) in [5, 5.41) is 6.66. The summed E-state index contributed by atoms with van der Waals surface area (Å²) >= 11 is 0. The first-order valence-electron chi connectivity index (χ1n) is 7.56. The molecule has 1 fully saturated rings. The average Bonchev–Trinajstić information content (AvgIpc) is 2.75. The summed E-state index contributed by atoms with van der Waals surface area (Å²) in [7, 11) is 0. The van der Waals surface area contributed by atoms with Crippen LogP contribution in [0.3, 0.4) is 0 Å². The molecule has 2 aliphatic rings. The first-order chi connectivity index (χ1) is 9.84. The Morgan fingerprint density at radius 2 is 2.19 bits per heavy atom. The fourth-order valence-corrected chi connectivity index (χ4v) is 2.77. The van der Waals surface area contributed by atoms with Gasteiger partial charge in [0.2, 0.25) is 0 Å². The summed E-state index contributed by atoms with van der Waals surface area (Å²) in [6.07, 6.45) is 2.65. The Morgan fingerprint density at radius 3 is 2.76 bits per heavy atom. The van der Waals surface area contributed by atoms with Crippen LogP contribution >= 0.6 is 0 Å². The van der Waals surface area contributed by atoms with Gasteiger partial charge in [0.15, 0.2) is 0 Å². The SMILES string of the molecule is CCCOC(=O)C1=C(C)NC(C)=CC1C1NC(C)(C)CO1. The van der Waals surface area contributed by atoms with Gasteiger partial charge in [-0.05, 0) is 34.1 Å². The zero-order valence-electron chi connectivity index (χ0n) is 13.6. The third-order valence-electron chi connectivity index (χ3n) is 3.69. The third kappa shape index (κ3) is 3.66. The summed E-state index contributed by atoms with van der Waals surface area (Å²) in [6, 6.07) is 0. The first-order valence-corrected chi connectivity index (χ1v) is 7.56. The van der Waals surface area contributed by atoms with Crippen molar-refractivity contribution in [3.63, 3.8) is 0 Å². The van der Waals surface area contributed by atoms with Crippen LogP contribution in [0, 0.1) is 5.92 Å². The predicted molar refractivity (Wildman–Crippen MR) is 81.3 cm³/mol. The lowest BCUT2D eigenvalue weighted by atomic mass is 9.91. The largest absolute Gasteiger partial charge is 0.462 e. The van der Waals surface area contributed by atoms with Crippen LogP contribution < -0.4 is 10.6 Å². The van der Waals surface area contributed by atoms with Crippen LogP contribution in [0.5, 0.6) is 0 Å². The molecule has 0 aromatic heterocycles. The Kier molecular flexibility index (Phi) is 4.74. The van der Waals surface area contributed by atoms with E-state index in [0.717, 1.165) is 17.8 Å². The number of rotatable bonds is 4. The highest BCUT2D eigenvalue weighted by Crippen LogP contribution is 2.31. The summed E-state index contributed by atoms with van der Waals surface area (Å²) < 4.78 is 11.2. The van der Waals surface area contributed by atoms with E-state index in [2.05, 4.69) is 24.5 Å². The van der Waals surface area contributed by atoms with Crippen LogP contribution in [0.25, 0.3) is 0 Å². The minimum Gasteiger partial charge on any atom is -0.462 e. The van der Waals surface area contributed by atoms with Crippen LogP contribution in [0.1, 0.15) is 41.0 Å². The summed E-state index contributed by atoms with van der Waals surface area (Å²) in [5.41, 5.74) is 2.45. The lowest BCUT2D eigenvalue weighted by molar-refractivity contribution is -0.140. The van der Waals surface area contributed by atoms with Crippen molar-refractivity contribution in [3.8, 4) is 0 Å². The summed E-state index contributed by atoms with van der Waals surface area (Å²) in [6.45, 7) is 11.1. The highest BCUT2D eigenvalue weighted by molar-refractivity contribution is 5.90. The minimum atomic E-state index is -0.259. The Balaban J connectivity index is 2.22. The molecule has 5 heteroatoms. The molecule has 2 aliphatic heterocycles. The molecule has 0 bridgehead atoms. The molecule has 2 heterocycles. The number of esters is 1. The number of ether oxygens (including phenoxy) is 2. The van der Waals surface area contributed by atoms with Gasteiger partial charge in [0.25, 0.3) is 0 Å². The van der Waals surface area contributed by atoms with Gasteiger partial charge in [-0.2, -0.15) is 0 Å². The van der Waals surface area contributed by atoms with E-state index in [9.17, 15) is 4.79 Å². The molecule has 5 nitrogen and oxygen atoms in total. The maximum atomic E-state index is 12.4. The van der Waals surface area contributed by atoms with Crippen molar-refractivity contribution in [1.29, 1.82) is 0 Å². The zero-order valence-corrected chi connectivity index (χ0v) is 13.6. The van der Waals surface area contributed by atoms with Gasteiger partial charge in [-0.1, -0.05) is 13.0 Å². The molecule has 0 spiro atoms. The van der Waals surface area contributed by atoms with Crippen LogP contribution in [-0.4, -0.2) is 30.9 Å². The summed E-state index contributed by atoms with van der Waals surface area (Å²) in [5.74, 6) is -0.386. The van der Waals surface area contributed by atoms with E-state index < -0.39 is 0 Å². The van der Waals surface area contributed by atoms with Gasteiger partial charge in [0.05, 0.1) is 24.7 Å². The smallest absolute Gasteiger partial charge is 0.336 e. The molecule has 2 rings (SSSR count). The number of hydrogen-bond acceptors (Lipinski definition) is 5. The second kappa shape index (κ2) is 6.20. The van der Waals surface area contributed by atoms with E-state index in [0.29, 0.717) is 18.8 Å². The second-order valence-corrected chi connectivity index (χ2v) is 6.43. The molecule has 0 saturated carbocycles. The predicted octanol–water partition coefficient (Wildman–Crippen LogP) is 2.06. The monoisotopic (exact) mass is 294 g/mol. The standard InChI is InChI=1S/C16H26N2O3/c1-6-7-20-15(19)13-11(3)17-10(2)8-12(13)14-18-16(4,5)9-21-14/h8,12,14,17-18H,6-7,9H2,1-5H3. The second-order valence-electron chi connectivity index (χ2n) is 6.43.